The lowest BCUT2D eigenvalue weighted by molar-refractivity contribution is 1.17. The van der Waals surface area contributed by atoms with Gasteiger partial charge in [-0.3, -0.25) is 0 Å². The summed E-state index contributed by atoms with van der Waals surface area (Å²) in [5.41, 5.74) is 8.18. The molecule has 4 nitrogen and oxygen atoms in total. The highest BCUT2D eigenvalue weighted by atomic mass is 32.2. The van der Waals surface area contributed by atoms with Crippen molar-refractivity contribution in [2.75, 3.05) is 5.73 Å². The number of benzene rings is 2. The summed E-state index contributed by atoms with van der Waals surface area (Å²) in [6.45, 7) is 0. The topological polar surface area (TPSA) is 64.7 Å². The minimum atomic E-state index is 0.611. The van der Waals surface area contributed by atoms with Gasteiger partial charge in [0, 0.05) is 33.4 Å². The molecule has 0 fully saturated rings. The van der Waals surface area contributed by atoms with Gasteiger partial charge in [-0.25, -0.2) is 15.0 Å². The zero-order valence-corrected chi connectivity index (χ0v) is 13.6. The zero-order valence-electron chi connectivity index (χ0n) is 12.8. The summed E-state index contributed by atoms with van der Waals surface area (Å²) < 4.78 is 0. The second-order valence-corrected chi connectivity index (χ2v) is 6.36. The van der Waals surface area contributed by atoms with Crippen LogP contribution in [0.1, 0.15) is 0 Å². The fraction of sp³-hybridized carbons (Fsp3) is 0. The van der Waals surface area contributed by atoms with Crippen molar-refractivity contribution in [2.45, 2.75) is 9.79 Å². The number of pyridine rings is 1. The number of hydrogen-bond donors (Lipinski definition) is 1. The van der Waals surface area contributed by atoms with Gasteiger partial charge in [-0.05, 0) is 24.3 Å². The van der Waals surface area contributed by atoms with Gasteiger partial charge < -0.3 is 5.73 Å². The molecule has 0 aliphatic heterocycles. The summed E-state index contributed by atoms with van der Waals surface area (Å²) in [7, 11) is 0. The van der Waals surface area contributed by atoms with Crippen LogP contribution in [-0.4, -0.2) is 15.0 Å². The number of aromatic nitrogens is 3. The first-order valence-electron chi connectivity index (χ1n) is 7.51. The van der Waals surface area contributed by atoms with Gasteiger partial charge in [0.05, 0.1) is 5.39 Å². The van der Waals surface area contributed by atoms with E-state index in [1.165, 1.54) is 4.90 Å². The van der Waals surface area contributed by atoms with E-state index < -0.39 is 0 Å². The maximum atomic E-state index is 5.95. The number of anilines is 1. The lowest BCUT2D eigenvalue weighted by atomic mass is 10.2. The Morgan fingerprint density at radius 2 is 1.62 bits per heavy atom. The van der Waals surface area contributed by atoms with Gasteiger partial charge in [-0.15, -0.1) is 0 Å². The van der Waals surface area contributed by atoms with Crippen LogP contribution in [0.2, 0.25) is 0 Å². The van der Waals surface area contributed by atoms with Crippen LogP contribution >= 0.6 is 11.8 Å². The summed E-state index contributed by atoms with van der Waals surface area (Å²) in [5, 5.41) is 0.773. The zero-order chi connectivity index (χ0) is 16.4. The fourth-order valence-corrected chi connectivity index (χ4v) is 3.40. The van der Waals surface area contributed by atoms with Gasteiger partial charge in [-0.1, -0.05) is 48.2 Å². The van der Waals surface area contributed by atoms with Crippen LogP contribution in [0.5, 0.6) is 0 Å². The van der Waals surface area contributed by atoms with Crippen molar-refractivity contribution in [3.63, 3.8) is 0 Å². The Morgan fingerprint density at radius 3 is 2.50 bits per heavy atom. The predicted octanol–water partition coefficient (Wildman–Crippen LogP) is 4.43. The van der Waals surface area contributed by atoms with E-state index in [1.807, 2.05) is 36.4 Å². The average molecular weight is 330 g/mol. The Balaban J connectivity index is 1.79. The normalized spacial score (nSPS) is 10.8. The van der Waals surface area contributed by atoms with Crippen LogP contribution in [0.4, 0.5) is 5.69 Å². The summed E-state index contributed by atoms with van der Waals surface area (Å²) >= 11 is 1.69. The van der Waals surface area contributed by atoms with Crippen molar-refractivity contribution in [2.24, 2.45) is 0 Å². The molecule has 2 aromatic heterocycles. The highest BCUT2D eigenvalue weighted by Crippen LogP contribution is 2.34. The van der Waals surface area contributed by atoms with Crippen molar-refractivity contribution in [1.82, 2.24) is 15.0 Å². The Hall–Kier alpha value is -2.92. The van der Waals surface area contributed by atoms with Crippen molar-refractivity contribution >= 4 is 28.5 Å². The molecule has 0 spiro atoms. The number of nitrogens with two attached hydrogens (primary N) is 1. The summed E-state index contributed by atoms with van der Waals surface area (Å²) in [6.07, 6.45) is 3.41. The molecule has 116 valence electrons. The van der Waals surface area contributed by atoms with Gasteiger partial charge in [0.15, 0.2) is 11.5 Å². The van der Waals surface area contributed by atoms with Gasteiger partial charge in [0.2, 0.25) is 0 Å². The molecular formula is C19H14N4S. The van der Waals surface area contributed by atoms with Crippen LogP contribution < -0.4 is 5.73 Å². The standard InChI is InChI=1S/C19H14N4S/c20-16-10-11-21-19-15(16)12-22-18(23-19)14-8-4-5-9-17(14)24-13-6-2-1-3-7-13/h1-12H,(H2,20,21,22,23). The molecule has 0 saturated heterocycles. The second kappa shape index (κ2) is 6.29. The van der Waals surface area contributed by atoms with E-state index in [1.54, 1.807) is 30.2 Å². The van der Waals surface area contributed by atoms with Crippen LogP contribution in [0.15, 0.2) is 82.8 Å². The van der Waals surface area contributed by atoms with Crippen molar-refractivity contribution in [3.8, 4) is 11.4 Å². The lowest BCUT2D eigenvalue weighted by Crippen LogP contribution is -1.96. The molecule has 0 aliphatic rings. The Kier molecular flexibility index (Phi) is 3.84. The van der Waals surface area contributed by atoms with Crippen LogP contribution in [0.25, 0.3) is 22.4 Å². The maximum absolute atomic E-state index is 5.95. The molecule has 5 heteroatoms. The minimum absolute atomic E-state index is 0.611. The molecule has 0 unspecified atom stereocenters. The van der Waals surface area contributed by atoms with E-state index >= 15 is 0 Å². The molecule has 0 aliphatic carbocycles. The third kappa shape index (κ3) is 2.81. The van der Waals surface area contributed by atoms with E-state index in [4.69, 9.17) is 5.73 Å². The molecule has 0 bridgehead atoms. The minimum Gasteiger partial charge on any atom is -0.398 e. The van der Waals surface area contributed by atoms with E-state index in [9.17, 15) is 0 Å². The second-order valence-electron chi connectivity index (χ2n) is 5.24. The molecule has 2 heterocycles. The number of rotatable bonds is 3. The van der Waals surface area contributed by atoms with E-state index in [0.717, 1.165) is 15.8 Å². The smallest absolute Gasteiger partial charge is 0.165 e. The molecule has 0 atom stereocenters. The summed E-state index contributed by atoms with van der Waals surface area (Å²) in [6, 6.07) is 20.1. The van der Waals surface area contributed by atoms with Crippen molar-refractivity contribution in [1.29, 1.82) is 0 Å². The predicted molar refractivity (Wildman–Crippen MR) is 97.7 cm³/mol. The first kappa shape index (κ1) is 14.7. The van der Waals surface area contributed by atoms with Gasteiger partial charge in [0.1, 0.15) is 0 Å². The first-order chi connectivity index (χ1) is 11.8. The molecule has 0 saturated carbocycles. The first-order valence-corrected chi connectivity index (χ1v) is 8.32. The third-order valence-electron chi connectivity index (χ3n) is 3.63. The lowest BCUT2D eigenvalue weighted by Gasteiger charge is -2.09. The highest BCUT2D eigenvalue weighted by molar-refractivity contribution is 7.99. The maximum Gasteiger partial charge on any atom is 0.165 e. The van der Waals surface area contributed by atoms with E-state index in [-0.39, 0.29) is 0 Å². The Bertz CT molecular complexity index is 1000. The Labute approximate surface area is 143 Å². The van der Waals surface area contributed by atoms with E-state index in [0.29, 0.717) is 17.2 Å². The number of fused-ring (bicyclic) bond motifs is 1. The third-order valence-corrected chi connectivity index (χ3v) is 4.71. The Morgan fingerprint density at radius 1 is 0.833 bits per heavy atom. The SMILES string of the molecule is Nc1ccnc2nc(-c3ccccc3Sc3ccccc3)ncc12. The van der Waals surface area contributed by atoms with Gasteiger partial charge >= 0.3 is 0 Å². The molecule has 4 rings (SSSR count). The number of nitrogens with zero attached hydrogens (tertiary/aromatic N) is 3. The van der Waals surface area contributed by atoms with E-state index in [2.05, 4.69) is 33.2 Å². The van der Waals surface area contributed by atoms with Gasteiger partial charge in [-0.2, -0.15) is 0 Å². The van der Waals surface area contributed by atoms with Crippen LogP contribution in [-0.2, 0) is 0 Å². The molecule has 24 heavy (non-hydrogen) atoms. The average Bonchev–Trinajstić information content (AvgIpc) is 2.63. The van der Waals surface area contributed by atoms with Crippen molar-refractivity contribution < 1.29 is 0 Å². The molecule has 2 N–H and O–H groups in total. The van der Waals surface area contributed by atoms with Crippen molar-refractivity contribution in [3.05, 3.63) is 73.1 Å². The molecule has 2 aromatic carbocycles. The molecule has 0 amide bonds. The number of nitrogen functional groups attached to an aromatic ring is 1. The fourth-order valence-electron chi connectivity index (χ4n) is 2.44. The van der Waals surface area contributed by atoms with Gasteiger partial charge in [0.25, 0.3) is 0 Å². The molecular weight excluding hydrogens is 316 g/mol. The largest absolute Gasteiger partial charge is 0.398 e. The van der Waals surface area contributed by atoms with Crippen LogP contribution in [0.3, 0.4) is 0 Å². The number of hydrogen-bond acceptors (Lipinski definition) is 5. The quantitative estimate of drug-likeness (QED) is 0.602. The summed E-state index contributed by atoms with van der Waals surface area (Å²) in [5.74, 6) is 0.652. The highest BCUT2D eigenvalue weighted by Gasteiger charge is 2.11. The summed E-state index contributed by atoms with van der Waals surface area (Å²) in [4.78, 5) is 15.7. The molecule has 0 radical (unpaired) electrons. The van der Waals surface area contributed by atoms with Crippen LogP contribution in [0, 0.1) is 0 Å². The monoisotopic (exact) mass is 330 g/mol. The molecule has 4 aromatic rings.